The molecular formula is C6O30S6. The lowest BCUT2D eigenvalue weighted by Gasteiger charge is -2.57. The topological polar surface area (TPSA) is 371 Å². The van der Waals surface area contributed by atoms with Crippen LogP contribution in [0.5, 0.6) is 0 Å². The molecule has 0 N–H and O–H groups in total. The second-order valence-corrected chi connectivity index (χ2v) is 14.3. The predicted octanol–water partition coefficient (Wildman–Crippen LogP) is -6.48. The zero-order chi connectivity index (χ0) is 30.7. The fourth-order valence-electron chi connectivity index (χ4n) is 4.18. The Bertz CT molecular complexity index is 1600. The lowest BCUT2D eigenvalue weighted by molar-refractivity contribution is -0.674. The normalized spacial score (nSPS) is 52.0. The molecule has 6 heterocycles. The van der Waals surface area contributed by atoms with E-state index in [1.54, 1.807) is 0 Å². The van der Waals surface area contributed by atoms with Crippen LogP contribution in [0.15, 0.2) is 0 Å². The summed E-state index contributed by atoms with van der Waals surface area (Å²) in [4.78, 5) is 26.2. The molecule has 0 aromatic carbocycles. The number of hydrogen-bond acceptors (Lipinski definition) is 30. The molecule has 0 atom stereocenters. The van der Waals surface area contributed by atoms with Crippen molar-refractivity contribution in [3.05, 3.63) is 0 Å². The highest BCUT2D eigenvalue weighted by atomic mass is 32.3. The maximum absolute atomic E-state index is 12.8. The molecule has 0 amide bonds. The molecular weight excluding hydrogens is 744 g/mol. The van der Waals surface area contributed by atoms with E-state index in [2.05, 4.69) is 80.4 Å². The molecule has 42 heavy (non-hydrogen) atoms. The van der Waals surface area contributed by atoms with E-state index in [9.17, 15) is 50.5 Å². The molecule has 240 valence electrons. The van der Waals surface area contributed by atoms with E-state index in [1.807, 2.05) is 0 Å². The summed E-state index contributed by atoms with van der Waals surface area (Å²) in [5.74, 6) is -28.7. The summed E-state index contributed by atoms with van der Waals surface area (Å²) in [7, 11) is -36.3. The van der Waals surface area contributed by atoms with Gasteiger partial charge >= 0.3 is 97.1 Å². The molecule has 1 aliphatic carbocycles. The van der Waals surface area contributed by atoms with Crippen LogP contribution in [0.4, 0.5) is 0 Å². The molecule has 0 unspecified atom stereocenters. The Morgan fingerprint density at radius 3 is 0.524 bits per heavy atom. The Morgan fingerprint density at radius 2 is 0.381 bits per heavy atom. The Kier molecular flexibility index (Phi) is 5.42. The highest BCUT2D eigenvalue weighted by Gasteiger charge is 3.12. The second-order valence-electron chi connectivity index (χ2n) is 7.56. The van der Waals surface area contributed by atoms with Gasteiger partial charge in [0.15, 0.2) is 0 Å². The quantitative estimate of drug-likeness (QED) is 0.208. The van der Waals surface area contributed by atoms with Crippen molar-refractivity contribution in [2.24, 2.45) is 0 Å². The van der Waals surface area contributed by atoms with Crippen molar-refractivity contribution in [2.75, 3.05) is 0 Å². The van der Waals surface area contributed by atoms with Gasteiger partial charge in [-0.3, -0.25) is 0 Å². The standard InChI is InChI=1S/C6O30S6/c7-37(8)25-1-2(26-37)4(22-34-41(15,16)33-20-2)6(30-39(11,12)29-4)5(23-35-42(17,18)36-24-6)3(1,27-38(9,10)28-5)21-32-40(13,14)31-19-1. The monoisotopic (exact) mass is 744 g/mol. The summed E-state index contributed by atoms with van der Waals surface area (Å²) in [6.45, 7) is 0. The van der Waals surface area contributed by atoms with Crippen molar-refractivity contribution in [2.45, 2.75) is 34.7 Å². The SMILES string of the molecule is O=S1(=O)OOC23OS(=O)(=O)OC24OOS(=O)(=O)OOC42OS(=O)(=O)OC24OOS(=O)(=O)OOC42OS(=O)(=O)OC32OO1. The Balaban J connectivity index is 1.73. The van der Waals surface area contributed by atoms with Crippen LogP contribution in [0.25, 0.3) is 0 Å². The first-order chi connectivity index (χ1) is 19.0. The maximum Gasteiger partial charge on any atom is 0.453 e. The summed E-state index contributed by atoms with van der Waals surface area (Å²) < 4.78 is 199. The molecule has 6 saturated heterocycles. The van der Waals surface area contributed by atoms with E-state index in [0.29, 0.717) is 0 Å². The molecule has 7 fully saturated rings. The molecule has 30 nitrogen and oxygen atoms in total. The van der Waals surface area contributed by atoms with E-state index in [0.717, 1.165) is 0 Å². The third-order valence-electron chi connectivity index (χ3n) is 5.32. The zero-order valence-corrected chi connectivity index (χ0v) is 22.6. The second kappa shape index (κ2) is 7.67. The smallest absolute Gasteiger partial charge is 0.197 e. The van der Waals surface area contributed by atoms with Crippen LogP contribution >= 0.6 is 0 Å². The van der Waals surface area contributed by atoms with Gasteiger partial charge in [-0.25, -0.2) is 0 Å². The number of rotatable bonds is 0. The molecule has 6 spiro atoms. The highest BCUT2D eigenvalue weighted by Crippen LogP contribution is 2.76. The first kappa shape index (κ1) is 29.7. The van der Waals surface area contributed by atoms with Gasteiger partial charge in [-0.05, 0) is 0 Å². The van der Waals surface area contributed by atoms with Crippen molar-refractivity contribution in [1.82, 2.24) is 0 Å². The lowest BCUT2D eigenvalue weighted by atomic mass is 9.69. The Hall–Kier alpha value is -1.02. The first-order valence-corrected chi connectivity index (χ1v) is 16.9. The van der Waals surface area contributed by atoms with Gasteiger partial charge < -0.3 is 0 Å². The maximum atomic E-state index is 12.8. The van der Waals surface area contributed by atoms with Gasteiger partial charge in [0.25, 0.3) is 0 Å². The van der Waals surface area contributed by atoms with E-state index in [1.165, 1.54) is 0 Å². The van der Waals surface area contributed by atoms with Crippen molar-refractivity contribution >= 4 is 62.4 Å². The van der Waals surface area contributed by atoms with Crippen LogP contribution in [0, 0.1) is 0 Å². The highest BCUT2D eigenvalue weighted by molar-refractivity contribution is 7.83. The van der Waals surface area contributed by atoms with Crippen LogP contribution in [0.2, 0.25) is 0 Å². The summed E-state index contributed by atoms with van der Waals surface area (Å²) in [5.41, 5.74) is 0. The fourth-order valence-corrected chi connectivity index (χ4v) is 8.64. The minimum Gasteiger partial charge on any atom is -0.197 e. The molecule has 0 radical (unpaired) electrons. The van der Waals surface area contributed by atoms with Gasteiger partial charge in [0.05, 0.1) is 0 Å². The Morgan fingerprint density at radius 1 is 0.238 bits per heavy atom. The van der Waals surface area contributed by atoms with Crippen LogP contribution in [-0.4, -0.2) is 85.2 Å². The molecule has 36 heteroatoms. The fraction of sp³-hybridized carbons (Fsp3) is 1.00. The van der Waals surface area contributed by atoms with Gasteiger partial charge in [-0.1, -0.05) is 26.0 Å². The van der Waals surface area contributed by atoms with E-state index in [-0.39, 0.29) is 0 Å². The van der Waals surface area contributed by atoms with Crippen LogP contribution in [0.1, 0.15) is 0 Å². The minimum absolute atomic E-state index is 3.82. The molecule has 0 bridgehead atoms. The van der Waals surface area contributed by atoms with Gasteiger partial charge in [-0.15, -0.1) is 0 Å². The van der Waals surface area contributed by atoms with Crippen molar-refractivity contribution < 1.29 is 131 Å². The average molecular weight is 744 g/mol. The largest absolute Gasteiger partial charge is 0.453 e. The summed E-state index contributed by atoms with van der Waals surface area (Å²) in [6, 6.07) is 0. The first-order valence-electron chi connectivity index (χ1n) is 8.95. The molecule has 0 aromatic heterocycles. The summed E-state index contributed by atoms with van der Waals surface area (Å²) in [5, 5.41) is 0. The third kappa shape index (κ3) is 3.28. The van der Waals surface area contributed by atoms with Gasteiger partial charge in [0.2, 0.25) is 0 Å². The van der Waals surface area contributed by atoms with Crippen molar-refractivity contribution in [3.8, 4) is 0 Å². The number of hydrogen-bond donors (Lipinski definition) is 0. The minimum atomic E-state index is -6.18. The van der Waals surface area contributed by atoms with Gasteiger partial charge in [0, 0.05) is 0 Å². The van der Waals surface area contributed by atoms with Crippen molar-refractivity contribution in [1.29, 1.82) is 0 Å². The van der Waals surface area contributed by atoms with Crippen LogP contribution in [-0.2, 0) is 143 Å². The average Bonchev–Trinajstić information content (AvgIpc) is 3.25. The molecule has 6 aliphatic heterocycles. The predicted molar refractivity (Wildman–Crippen MR) is 89.4 cm³/mol. The third-order valence-corrected chi connectivity index (χ3v) is 9.37. The lowest BCUT2D eigenvalue weighted by Crippen LogP contribution is -2.95. The van der Waals surface area contributed by atoms with E-state index >= 15 is 0 Å². The van der Waals surface area contributed by atoms with Gasteiger partial charge in [-0.2, -0.15) is 105 Å². The molecule has 7 aliphatic rings. The van der Waals surface area contributed by atoms with E-state index in [4.69, 9.17) is 0 Å². The van der Waals surface area contributed by atoms with E-state index < -0.39 is 97.1 Å². The molecule has 1 saturated carbocycles. The van der Waals surface area contributed by atoms with Crippen molar-refractivity contribution in [3.63, 3.8) is 0 Å². The summed E-state index contributed by atoms with van der Waals surface area (Å²) >= 11 is 0. The molecule has 7 rings (SSSR count). The Labute approximate surface area is 227 Å². The summed E-state index contributed by atoms with van der Waals surface area (Å²) in [6.07, 6.45) is 0. The van der Waals surface area contributed by atoms with Gasteiger partial charge in [0.1, 0.15) is 0 Å². The van der Waals surface area contributed by atoms with Crippen LogP contribution in [0.3, 0.4) is 0 Å². The molecule has 0 aromatic rings. The van der Waals surface area contributed by atoms with Crippen LogP contribution < -0.4 is 0 Å². The zero-order valence-electron chi connectivity index (χ0n) is 17.7.